The molecule has 90 valence electrons. The van der Waals surface area contributed by atoms with Crippen molar-refractivity contribution in [3.63, 3.8) is 0 Å². The first kappa shape index (κ1) is 12.6. The Bertz CT molecular complexity index is 530. The maximum Gasteiger partial charge on any atom is 0.159 e. The van der Waals surface area contributed by atoms with E-state index in [-0.39, 0.29) is 6.04 Å². The highest BCUT2D eigenvalue weighted by atomic mass is 79.9. The third-order valence-corrected chi connectivity index (χ3v) is 4.29. The van der Waals surface area contributed by atoms with Gasteiger partial charge in [0, 0.05) is 9.35 Å². The molecule has 1 aromatic carbocycles. The average molecular weight is 319 g/mol. The van der Waals surface area contributed by atoms with Crippen LogP contribution in [-0.4, -0.2) is 0 Å². The Morgan fingerprint density at radius 2 is 2.00 bits per heavy atom. The molecule has 2 rings (SSSR count). The highest BCUT2D eigenvalue weighted by molar-refractivity contribution is 9.10. The molecule has 0 aliphatic carbocycles. The molecule has 0 fully saturated rings. The van der Waals surface area contributed by atoms with Crippen molar-refractivity contribution in [2.24, 2.45) is 5.84 Å². The zero-order valence-electron chi connectivity index (χ0n) is 8.58. The van der Waals surface area contributed by atoms with Crippen LogP contribution in [0.4, 0.5) is 8.78 Å². The van der Waals surface area contributed by atoms with Crippen LogP contribution in [-0.2, 0) is 0 Å². The van der Waals surface area contributed by atoms with E-state index in [0.717, 1.165) is 21.5 Å². The molecule has 1 heterocycles. The standard InChI is InChI=1S/C11H9BrF2N2S/c12-7-3-4-17-11(7)10(16-15)6-1-2-8(13)9(14)5-6/h1-5,10,16H,15H2. The zero-order valence-corrected chi connectivity index (χ0v) is 11.0. The van der Waals surface area contributed by atoms with E-state index in [1.54, 1.807) is 0 Å². The van der Waals surface area contributed by atoms with E-state index in [4.69, 9.17) is 5.84 Å². The molecule has 2 aromatic rings. The summed E-state index contributed by atoms with van der Waals surface area (Å²) in [4.78, 5) is 0.915. The van der Waals surface area contributed by atoms with Gasteiger partial charge < -0.3 is 0 Å². The van der Waals surface area contributed by atoms with Crippen molar-refractivity contribution in [1.82, 2.24) is 5.43 Å². The molecule has 2 nitrogen and oxygen atoms in total. The second kappa shape index (κ2) is 5.22. The van der Waals surface area contributed by atoms with E-state index >= 15 is 0 Å². The summed E-state index contributed by atoms with van der Waals surface area (Å²) in [5.41, 5.74) is 3.18. The molecule has 0 saturated carbocycles. The summed E-state index contributed by atoms with van der Waals surface area (Å²) < 4.78 is 26.9. The molecule has 0 aliphatic heterocycles. The lowest BCUT2D eigenvalue weighted by molar-refractivity contribution is 0.504. The van der Waals surface area contributed by atoms with Crippen molar-refractivity contribution in [3.8, 4) is 0 Å². The Morgan fingerprint density at radius 1 is 1.24 bits per heavy atom. The number of halogens is 3. The van der Waals surface area contributed by atoms with Crippen LogP contribution in [0.5, 0.6) is 0 Å². The highest BCUT2D eigenvalue weighted by Gasteiger charge is 2.18. The molecular weight excluding hydrogens is 310 g/mol. The van der Waals surface area contributed by atoms with Gasteiger partial charge in [-0.25, -0.2) is 14.2 Å². The number of rotatable bonds is 3. The molecule has 3 N–H and O–H groups in total. The molecule has 0 radical (unpaired) electrons. The van der Waals surface area contributed by atoms with Gasteiger partial charge in [-0.1, -0.05) is 6.07 Å². The molecule has 17 heavy (non-hydrogen) atoms. The first-order valence-electron chi connectivity index (χ1n) is 4.77. The van der Waals surface area contributed by atoms with E-state index in [1.165, 1.54) is 17.4 Å². The minimum atomic E-state index is -0.879. The summed E-state index contributed by atoms with van der Waals surface area (Å²) in [5, 5.41) is 1.89. The summed E-state index contributed by atoms with van der Waals surface area (Å²) in [6, 6.07) is 5.27. The second-order valence-electron chi connectivity index (χ2n) is 3.41. The van der Waals surface area contributed by atoms with Gasteiger partial charge in [-0.15, -0.1) is 11.3 Å². The molecule has 0 spiro atoms. The number of nitrogens with one attached hydrogen (secondary N) is 1. The van der Waals surface area contributed by atoms with E-state index in [2.05, 4.69) is 21.4 Å². The molecule has 0 amide bonds. The quantitative estimate of drug-likeness (QED) is 0.673. The van der Waals surface area contributed by atoms with Gasteiger partial charge in [0.15, 0.2) is 11.6 Å². The molecule has 1 aromatic heterocycles. The molecule has 1 unspecified atom stereocenters. The minimum absolute atomic E-state index is 0.362. The maximum absolute atomic E-state index is 13.2. The van der Waals surface area contributed by atoms with Crippen LogP contribution >= 0.6 is 27.3 Å². The zero-order chi connectivity index (χ0) is 12.4. The van der Waals surface area contributed by atoms with Crippen molar-refractivity contribution in [3.05, 3.63) is 56.2 Å². The van der Waals surface area contributed by atoms with E-state index in [9.17, 15) is 8.78 Å². The number of hydrogen-bond acceptors (Lipinski definition) is 3. The summed E-state index contributed by atoms with van der Waals surface area (Å²) in [7, 11) is 0. The number of nitrogens with two attached hydrogens (primary N) is 1. The van der Waals surface area contributed by atoms with Gasteiger partial charge in [0.1, 0.15) is 0 Å². The van der Waals surface area contributed by atoms with Gasteiger partial charge in [0.2, 0.25) is 0 Å². The van der Waals surface area contributed by atoms with Crippen LogP contribution in [0.25, 0.3) is 0 Å². The van der Waals surface area contributed by atoms with Gasteiger partial charge >= 0.3 is 0 Å². The van der Waals surface area contributed by atoms with Crippen LogP contribution in [0, 0.1) is 11.6 Å². The fourth-order valence-corrected chi connectivity index (χ4v) is 3.21. The maximum atomic E-state index is 13.2. The topological polar surface area (TPSA) is 38.0 Å². The predicted octanol–water partition coefficient (Wildman–Crippen LogP) is 3.34. The third kappa shape index (κ3) is 2.55. The molecule has 0 aliphatic rings. The molecule has 6 heteroatoms. The summed E-state index contributed by atoms with van der Waals surface area (Å²) in [5.74, 6) is 3.73. The van der Waals surface area contributed by atoms with E-state index in [0.29, 0.717) is 5.56 Å². The van der Waals surface area contributed by atoms with Crippen molar-refractivity contribution < 1.29 is 8.78 Å². The molecule has 0 bridgehead atoms. The number of thiophene rings is 1. The summed E-state index contributed by atoms with van der Waals surface area (Å²) in [6.45, 7) is 0. The smallest absolute Gasteiger partial charge is 0.159 e. The summed E-state index contributed by atoms with van der Waals surface area (Å²) in [6.07, 6.45) is 0. The Labute approximate surface area is 110 Å². The first-order chi connectivity index (χ1) is 8.13. The fraction of sp³-hybridized carbons (Fsp3) is 0.0909. The van der Waals surface area contributed by atoms with Crippen LogP contribution in [0.1, 0.15) is 16.5 Å². The number of benzene rings is 1. The minimum Gasteiger partial charge on any atom is -0.271 e. The Morgan fingerprint density at radius 3 is 2.53 bits per heavy atom. The largest absolute Gasteiger partial charge is 0.271 e. The normalized spacial score (nSPS) is 12.7. The Kier molecular flexibility index (Phi) is 3.88. The van der Waals surface area contributed by atoms with Crippen molar-refractivity contribution >= 4 is 27.3 Å². The SMILES string of the molecule is NNC(c1ccc(F)c(F)c1)c1sccc1Br. The molecular formula is C11H9BrF2N2S. The Hall–Kier alpha value is -0.820. The van der Waals surface area contributed by atoms with Gasteiger partial charge in [-0.05, 0) is 45.1 Å². The number of hydrogen-bond donors (Lipinski definition) is 2. The first-order valence-corrected chi connectivity index (χ1v) is 6.44. The van der Waals surface area contributed by atoms with Crippen molar-refractivity contribution in [2.75, 3.05) is 0 Å². The van der Waals surface area contributed by atoms with Crippen LogP contribution < -0.4 is 11.3 Å². The fourth-order valence-electron chi connectivity index (χ4n) is 1.53. The average Bonchev–Trinajstić information content (AvgIpc) is 2.71. The van der Waals surface area contributed by atoms with Gasteiger partial charge in [-0.2, -0.15) is 0 Å². The number of hydrazine groups is 1. The van der Waals surface area contributed by atoms with E-state index in [1.807, 2.05) is 11.4 Å². The van der Waals surface area contributed by atoms with Gasteiger partial charge in [0.25, 0.3) is 0 Å². The van der Waals surface area contributed by atoms with Crippen LogP contribution in [0.15, 0.2) is 34.1 Å². The monoisotopic (exact) mass is 318 g/mol. The molecule has 0 saturated heterocycles. The van der Waals surface area contributed by atoms with Crippen molar-refractivity contribution in [2.45, 2.75) is 6.04 Å². The lowest BCUT2D eigenvalue weighted by atomic mass is 10.1. The van der Waals surface area contributed by atoms with Crippen LogP contribution in [0.3, 0.4) is 0 Å². The summed E-state index contributed by atoms with van der Waals surface area (Å²) >= 11 is 4.87. The van der Waals surface area contributed by atoms with Crippen LogP contribution in [0.2, 0.25) is 0 Å². The highest BCUT2D eigenvalue weighted by Crippen LogP contribution is 2.33. The predicted molar refractivity (Wildman–Crippen MR) is 67.5 cm³/mol. The van der Waals surface area contributed by atoms with Gasteiger partial charge in [0.05, 0.1) is 6.04 Å². The van der Waals surface area contributed by atoms with E-state index < -0.39 is 11.6 Å². The lowest BCUT2D eigenvalue weighted by Gasteiger charge is -2.15. The Balaban J connectivity index is 2.42. The lowest BCUT2D eigenvalue weighted by Crippen LogP contribution is -2.28. The molecule has 1 atom stereocenters. The second-order valence-corrected chi connectivity index (χ2v) is 5.21. The third-order valence-electron chi connectivity index (χ3n) is 2.35. The van der Waals surface area contributed by atoms with Crippen molar-refractivity contribution in [1.29, 1.82) is 0 Å². The van der Waals surface area contributed by atoms with Gasteiger partial charge in [-0.3, -0.25) is 5.84 Å².